The number of guanidine groups is 1. The highest BCUT2D eigenvalue weighted by Crippen LogP contribution is 2.16. The number of aliphatic imine (C=N–C) groups is 1. The Morgan fingerprint density at radius 3 is 2.54 bits per heavy atom. The molecular weight excluding hydrogens is 487 g/mol. The molecule has 1 rings (SSSR count). The van der Waals surface area contributed by atoms with E-state index in [4.69, 9.17) is 16.3 Å². The zero-order chi connectivity index (χ0) is 18.7. The lowest BCUT2D eigenvalue weighted by Gasteiger charge is -2.18. The maximum absolute atomic E-state index is 11.7. The number of rotatable bonds is 9. The molecule has 0 aliphatic rings. The highest BCUT2D eigenvalue weighted by atomic mass is 127. The number of carbonyl (C=O) groups excluding carboxylic acids is 1. The summed E-state index contributed by atoms with van der Waals surface area (Å²) in [7, 11) is 3.43. The largest absolute Gasteiger partial charge is 0.489 e. The van der Waals surface area contributed by atoms with Gasteiger partial charge in [-0.2, -0.15) is 11.8 Å². The summed E-state index contributed by atoms with van der Waals surface area (Å²) in [6, 6.07) is 7.25. The number of nitrogens with one attached hydrogen (secondary N) is 2. The Kier molecular flexibility index (Phi) is 13.7. The zero-order valence-electron chi connectivity index (χ0n) is 15.6. The first-order chi connectivity index (χ1) is 11.9. The fourth-order valence-corrected chi connectivity index (χ4v) is 2.19. The van der Waals surface area contributed by atoms with Gasteiger partial charge in [0.15, 0.2) is 5.96 Å². The minimum atomic E-state index is -0.0710. The van der Waals surface area contributed by atoms with Gasteiger partial charge in [0.1, 0.15) is 18.4 Å². The summed E-state index contributed by atoms with van der Waals surface area (Å²) in [6.07, 6.45) is 1.97. The Labute approximate surface area is 182 Å². The monoisotopic (exact) mass is 514 g/mol. The minimum absolute atomic E-state index is 0. The van der Waals surface area contributed by atoms with E-state index in [0.717, 1.165) is 18.0 Å². The fraction of sp³-hybridized carbons (Fsp3) is 0.529. The Balaban J connectivity index is 0.00000625. The van der Waals surface area contributed by atoms with E-state index in [1.54, 1.807) is 38.0 Å². The molecule has 0 aliphatic heterocycles. The quantitative estimate of drug-likeness (QED) is 0.230. The predicted molar refractivity (Wildman–Crippen MR) is 122 cm³/mol. The van der Waals surface area contributed by atoms with E-state index in [1.807, 2.05) is 25.3 Å². The van der Waals surface area contributed by atoms with Gasteiger partial charge in [-0.15, -0.1) is 24.0 Å². The Bertz CT molecular complexity index is 558. The molecule has 0 saturated heterocycles. The molecule has 0 radical (unpaired) electrons. The second-order valence-electron chi connectivity index (χ2n) is 5.64. The number of hydrogen-bond donors (Lipinski definition) is 2. The van der Waals surface area contributed by atoms with Crippen molar-refractivity contribution in [1.29, 1.82) is 0 Å². The van der Waals surface area contributed by atoms with Gasteiger partial charge in [-0.25, -0.2) is 4.99 Å². The van der Waals surface area contributed by atoms with Crippen LogP contribution in [0.4, 0.5) is 0 Å². The Morgan fingerprint density at radius 2 is 1.96 bits per heavy atom. The van der Waals surface area contributed by atoms with Crippen LogP contribution in [-0.2, 0) is 4.79 Å². The third-order valence-electron chi connectivity index (χ3n) is 3.18. The topological polar surface area (TPSA) is 66.0 Å². The van der Waals surface area contributed by atoms with Crippen LogP contribution in [0.1, 0.15) is 6.92 Å². The van der Waals surface area contributed by atoms with E-state index < -0.39 is 0 Å². The van der Waals surface area contributed by atoms with Gasteiger partial charge in [0.25, 0.3) is 0 Å². The number of carbonyl (C=O) groups is 1. The number of amides is 1. The van der Waals surface area contributed by atoms with Crippen molar-refractivity contribution in [1.82, 2.24) is 15.5 Å². The number of nitrogens with zero attached hydrogens (tertiary/aromatic N) is 2. The van der Waals surface area contributed by atoms with Crippen LogP contribution in [0.5, 0.6) is 5.75 Å². The molecule has 6 nitrogen and oxygen atoms in total. The molecule has 1 atom stereocenters. The van der Waals surface area contributed by atoms with Crippen molar-refractivity contribution in [3.63, 3.8) is 0 Å². The molecule has 2 N–H and O–H groups in total. The second-order valence-corrected chi connectivity index (χ2v) is 7.06. The average Bonchev–Trinajstić information content (AvgIpc) is 2.58. The van der Waals surface area contributed by atoms with E-state index in [2.05, 4.69) is 15.6 Å². The molecule has 0 saturated carbocycles. The van der Waals surface area contributed by atoms with Crippen LogP contribution < -0.4 is 15.4 Å². The molecule has 0 aromatic heterocycles. The van der Waals surface area contributed by atoms with Crippen molar-refractivity contribution in [3.05, 3.63) is 29.3 Å². The molecule has 1 aromatic rings. The van der Waals surface area contributed by atoms with Crippen LogP contribution in [0.15, 0.2) is 29.3 Å². The van der Waals surface area contributed by atoms with E-state index in [0.29, 0.717) is 17.5 Å². The molecule has 1 amide bonds. The SMILES string of the molecule is CSCCNC(=NCC(=O)N(C)C)NCC(C)Oc1ccc(Cl)cc1.I. The van der Waals surface area contributed by atoms with Crippen molar-refractivity contribution in [2.75, 3.05) is 45.7 Å². The van der Waals surface area contributed by atoms with E-state index in [1.165, 1.54) is 4.90 Å². The van der Waals surface area contributed by atoms with Gasteiger partial charge in [0.05, 0.1) is 6.54 Å². The number of ether oxygens (including phenoxy) is 1. The van der Waals surface area contributed by atoms with Crippen LogP contribution >= 0.6 is 47.3 Å². The van der Waals surface area contributed by atoms with Gasteiger partial charge in [0.2, 0.25) is 5.91 Å². The lowest BCUT2D eigenvalue weighted by molar-refractivity contribution is -0.127. The molecular formula is C17H28ClIN4O2S. The zero-order valence-corrected chi connectivity index (χ0v) is 19.5. The van der Waals surface area contributed by atoms with Crippen molar-refractivity contribution < 1.29 is 9.53 Å². The summed E-state index contributed by atoms with van der Waals surface area (Å²) in [5.74, 6) is 2.28. The summed E-state index contributed by atoms with van der Waals surface area (Å²) < 4.78 is 5.83. The van der Waals surface area contributed by atoms with Crippen molar-refractivity contribution in [2.24, 2.45) is 4.99 Å². The summed E-state index contributed by atoms with van der Waals surface area (Å²) in [4.78, 5) is 17.6. The first kappa shape index (κ1) is 25.1. The molecule has 0 aliphatic carbocycles. The summed E-state index contributed by atoms with van der Waals surface area (Å²) in [5, 5.41) is 7.11. The number of halogens is 2. The molecule has 148 valence electrons. The Hall–Kier alpha value is -0.870. The molecule has 0 spiro atoms. The molecule has 9 heteroatoms. The highest BCUT2D eigenvalue weighted by Gasteiger charge is 2.08. The first-order valence-electron chi connectivity index (χ1n) is 8.06. The highest BCUT2D eigenvalue weighted by molar-refractivity contribution is 14.0. The molecule has 1 aromatic carbocycles. The van der Waals surface area contributed by atoms with Gasteiger partial charge < -0.3 is 20.3 Å². The van der Waals surface area contributed by atoms with E-state index in [9.17, 15) is 4.79 Å². The van der Waals surface area contributed by atoms with Gasteiger partial charge in [-0.3, -0.25) is 4.79 Å². The fourth-order valence-electron chi connectivity index (χ4n) is 1.76. The van der Waals surface area contributed by atoms with Crippen LogP contribution in [0.3, 0.4) is 0 Å². The lowest BCUT2D eigenvalue weighted by atomic mass is 10.3. The predicted octanol–water partition coefficient (Wildman–Crippen LogP) is 2.71. The lowest BCUT2D eigenvalue weighted by Crippen LogP contribution is -2.43. The van der Waals surface area contributed by atoms with Crippen molar-refractivity contribution in [3.8, 4) is 5.75 Å². The van der Waals surface area contributed by atoms with E-state index in [-0.39, 0.29) is 42.5 Å². The number of benzene rings is 1. The second kappa shape index (κ2) is 14.2. The first-order valence-corrected chi connectivity index (χ1v) is 9.83. The molecule has 26 heavy (non-hydrogen) atoms. The van der Waals surface area contributed by atoms with Crippen molar-refractivity contribution in [2.45, 2.75) is 13.0 Å². The third-order valence-corrected chi connectivity index (χ3v) is 4.04. The number of thioether (sulfide) groups is 1. The summed E-state index contributed by atoms with van der Waals surface area (Å²) >= 11 is 7.61. The van der Waals surface area contributed by atoms with Crippen LogP contribution in [0.25, 0.3) is 0 Å². The van der Waals surface area contributed by atoms with Crippen LogP contribution in [0, 0.1) is 0 Å². The average molecular weight is 515 g/mol. The van der Waals surface area contributed by atoms with Gasteiger partial charge >= 0.3 is 0 Å². The normalized spacial score (nSPS) is 12.0. The summed E-state index contributed by atoms with van der Waals surface area (Å²) in [5.41, 5.74) is 0. The number of hydrogen-bond acceptors (Lipinski definition) is 4. The Morgan fingerprint density at radius 1 is 1.31 bits per heavy atom. The van der Waals surface area contributed by atoms with Crippen LogP contribution in [-0.4, -0.2) is 68.6 Å². The molecule has 0 fully saturated rings. The standard InChI is InChI=1S/C17H27ClN4O2S.HI/c1-13(24-15-7-5-14(18)6-8-15)11-20-17(19-9-10-25-4)21-12-16(23)22(2)3;/h5-8,13H,9-12H2,1-4H3,(H2,19,20,21);1H. The third kappa shape index (κ3) is 11.0. The molecule has 0 heterocycles. The smallest absolute Gasteiger partial charge is 0.243 e. The van der Waals surface area contributed by atoms with Gasteiger partial charge in [-0.1, -0.05) is 11.6 Å². The van der Waals surface area contributed by atoms with E-state index >= 15 is 0 Å². The number of likely N-dealkylation sites (N-methyl/N-ethyl adjacent to an activating group) is 1. The minimum Gasteiger partial charge on any atom is -0.489 e. The van der Waals surface area contributed by atoms with Crippen molar-refractivity contribution >= 4 is 59.2 Å². The summed E-state index contributed by atoms with van der Waals surface area (Å²) in [6.45, 7) is 3.40. The maximum Gasteiger partial charge on any atom is 0.243 e. The van der Waals surface area contributed by atoms with Gasteiger partial charge in [0, 0.05) is 31.4 Å². The van der Waals surface area contributed by atoms with Gasteiger partial charge in [-0.05, 0) is 37.4 Å². The maximum atomic E-state index is 11.7. The molecule has 0 bridgehead atoms. The molecule has 1 unspecified atom stereocenters. The van der Waals surface area contributed by atoms with Crippen LogP contribution in [0.2, 0.25) is 5.02 Å².